The summed E-state index contributed by atoms with van der Waals surface area (Å²) in [6.45, 7) is 12.5. The lowest BCUT2D eigenvalue weighted by molar-refractivity contribution is -0.121. The number of para-hydroxylation sites is 2. The van der Waals surface area contributed by atoms with Crippen LogP contribution < -0.4 is 14.8 Å². The predicted octanol–water partition coefficient (Wildman–Crippen LogP) is 3.70. The molecule has 0 saturated carbocycles. The van der Waals surface area contributed by atoms with Crippen LogP contribution in [0.25, 0.3) is 0 Å². The molecule has 6 nitrogen and oxygen atoms in total. The molecule has 174 valence electrons. The molecular formula is C26H37N3O3. The molecule has 0 bridgehead atoms. The number of rotatable bonds is 12. The van der Waals surface area contributed by atoms with Crippen molar-refractivity contribution in [1.82, 2.24) is 15.1 Å². The van der Waals surface area contributed by atoms with Crippen molar-refractivity contribution in [3.8, 4) is 11.5 Å². The molecule has 1 fully saturated rings. The van der Waals surface area contributed by atoms with Crippen LogP contribution in [-0.2, 0) is 17.9 Å². The van der Waals surface area contributed by atoms with E-state index in [-0.39, 0.29) is 5.91 Å². The molecule has 0 atom stereocenters. The van der Waals surface area contributed by atoms with Gasteiger partial charge in [0.15, 0.2) is 11.5 Å². The Hall–Kier alpha value is -2.57. The Bertz CT molecular complexity index is 817. The first-order chi connectivity index (χ1) is 15.7. The van der Waals surface area contributed by atoms with Gasteiger partial charge in [-0.15, -0.1) is 0 Å². The zero-order chi connectivity index (χ0) is 22.6. The highest BCUT2D eigenvalue weighted by Crippen LogP contribution is 2.26. The lowest BCUT2D eigenvalue weighted by Gasteiger charge is -2.34. The molecule has 0 radical (unpaired) electrons. The van der Waals surface area contributed by atoms with Crippen LogP contribution in [0, 0.1) is 0 Å². The first-order valence-electron chi connectivity index (χ1n) is 11.8. The highest BCUT2D eigenvalue weighted by atomic mass is 16.5. The van der Waals surface area contributed by atoms with Gasteiger partial charge in [-0.25, -0.2) is 0 Å². The molecule has 0 spiro atoms. The van der Waals surface area contributed by atoms with Gasteiger partial charge in [0.25, 0.3) is 0 Å². The Morgan fingerprint density at radius 1 is 0.875 bits per heavy atom. The van der Waals surface area contributed by atoms with Gasteiger partial charge in [-0.05, 0) is 43.1 Å². The summed E-state index contributed by atoms with van der Waals surface area (Å²) in [7, 11) is 0. The Kier molecular flexibility index (Phi) is 9.85. The molecule has 6 heteroatoms. The number of amides is 1. The van der Waals surface area contributed by atoms with Gasteiger partial charge in [0.05, 0.1) is 13.2 Å². The standard InChI is InChI=1S/C26H37N3O3/c1-3-28-15-17-29(18-16-28)21-23-13-11-22(12-14-23)20-27-26(30)10-7-19-32-25-9-6-5-8-24(25)31-4-2/h5-6,8-9,11-14H,3-4,7,10,15-21H2,1-2H3,(H,27,30). The average molecular weight is 440 g/mol. The fraction of sp³-hybridized carbons (Fsp3) is 0.500. The summed E-state index contributed by atoms with van der Waals surface area (Å²) < 4.78 is 11.3. The number of nitrogens with one attached hydrogen (secondary N) is 1. The maximum Gasteiger partial charge on any atom is 0.220 e. The predicted molar refractivity (Wildman–Crippen MR) is 128 cm³/mol. The van der Waals surface area contributed by atoms with Crippen molar-refractivity contribution in [1.29, 1.82) is 0 Å². The van der Waals surface area contributed by atoms with E-state index in [2.05, 4.69) is 46.3 Å². The Morgan fingerprint density at radius 3 is 2.16 bits per heavy atom. The minimum Gasteiger partial charge on any atom is -0.490 e. The van der Waals surface area contributed by atoms with E-state index in [4.69, 9.17) is 9.47 Å². The van der Waals surface area contributed by atoms with Crippen LogP contribution in [-0.4, -0.2) is 61.6 Å². The van der Waals surface area contributed by atoms with Crippen LogP contribution >= 0.6 is 0 Å². The monoisotopic (exact) mass is 439 g/mol. The molecule has 1 amide bonds. The topological polar surface area (TPSA) is 54.0 Å². The maximum absolute atomic E-state index is 12.2. The van der Waals surface area contributed by atoms with Gasteiger partial charge in [0, 0.05) is 45.7 Å². The average Bonchev–Trinajstić information content (AvgIpc) is 2.83. The Labute approximate surface area is 192 Å². The van der Waals surface area contributed by atoms with E-state index in [1.165, 1.54) is 5.56 Å². The van der Waals surface area contributed by atoms with Crippen molar-refractivity contribution < 1.29 is 14.3 Å². The third kappa shape index (κ3) is 7.84. The van der Waals surface area contributed by atoms with Gasteiger partial charge in [-0.1, -0.05) is 43.3 Å². The molecule has 1 aliphatic heterocycles. The SMILES string of the molecule is CCOc1ccccc1OCCCC(=O)NCc1ccc(CN2CCN(CC)CC2)cc1. The third-order valence-electron chi connectivity index (χ3n) is 5.79. The summed E-state index contributed by atoms with van der Waals surface area (Å²) in [6, 6.07) is 16.2. The molecule has 1 heterocycles. The van der Waals surface area contributed by atoms with Crippen molar-refractivity contribution in [3.63, 3.8) is 0 Å². The quantitative estimate of drug-likeness (QED) is 0.511. The van der Waals surface area contributed by atoms with Crippen molar-refractivity contribution in [2.24, 2.45) is 0 Å². The number of nitrogens with zero attached hydrogens (tertiary/aromatic N) is 2. The van der Waals surface area contributed by atoms with E-state index in [1.54, 1.807) is 0 Å². The Morgan fingerprint density at radius 2 is 1.50 bits per heavy atom. The lowest BCUT2D eigenvalue weighted by Crippen LogP contribution is -2.45. The molecule has 1 aliphatic rings. The summed E-state index contributed by atoms with van der Waals surface area (Å²) >= 11 is 0. The third-order valence-corrected chi connectivity index (χ3v) is 5.79. The van der Waals surface area contributed by atoms with Gasteiger partial charge >= 0.3 is 0 Å². The molecule has 2 aromatic rings. The van der Waals surface area contributed by atoms with E-state index in [1.807, 2.05) is 31.2 Å². The van der Waals surface area contributed by atoms with E-state index < -0.39 is 0 Å². The number of carbonyl (C=O) groups is 1. The van der Waals surface area contributed by atoms with Crippen LogP contribution in [0.4, 0.5) is 0 Å². The van der Waals surface area contributed by atoms with Crippen LogP contribution in [0.15, 0.2) is 48.5 Å². The molecule has 1 saturated heterocycles. The fourth-order valence-electron chi connectivity index (χ4n) is 3.83. The highest BCUT2D eigenvalue weighted by Gasteiger charge is 2.15. The van der Waals surface area contributed by atoms with Gasteiger partial charge in [0.1, 0.15) is 0 Å². The van der Waals surface area contributed by atoms with E-state index in [0.29, 0.717) is 32.6 Å². The zero-order valence-electron chi connectivity index (χ0n) is 19.5. The summed E-state index contributed by atoms with van der Waals surface area (Å²) in [5, 5.41) is 3.01. The second kappa shape index (κ2) is 13.1. The summed E-state index contributed by atoms with van der Waals surface area (Å²) in [6.07, 6.45) is 1.11. The van der Waals surface area contributed by atoms with E-state index in [0.717, 1.165) is 56.3 Å². The van der Waals surface area contributed by atoms with E-state index >= 15 is 0 Å². The number of likely N-dealkylation sites (N-methyl/N-ethyl adjacent to an activating group) is 1. The van der Waals surface area contributed by atoms with Gasteiger partial charge in [0.2, 0.25) is 5.91 Å². The molecular weight excluding hydrogens is 402 g/mol. The van der Waals surface area contributed by atoms with Gasteiger partial charge in [-0.2, -0.15) is 0 Å². The van der Waals surface area contributed by atoms with Gasteiger partial charge < -0.3 is 19.7 Å². The minimum atomic E-state index is 0.0459. The molecule has 0 unspecified atom stereocenters. The maximum atomic E-state index is 12.2. The normalized spacial score (nSPS) is 14.8. The first-order valence-corrected chi connectivity index (χ1v) is 11.8. The fourth-order valence-corrected chi connectivity index (χ4v) is 3.83. The van der Waals surface area contributed by atoms with Crippen LogP contribution in [0.2, 0.25) is 0 Å². The molecule has 3 rings (SSSR count). The van der Waals surface area contributed by atoms with Crippen molar-refractivity contribution in [2.45, 2.75) is 39.8 Å². The largest absolute Gasteiger partial charge is 0.490 e. The number of hydrogen-bond donors (Lipinski definition) is 1. The second-order valence-electron chi connectivity index (χ2n) is 8.14. The zero-order valence-corrected chi connectivity index (χ0v) is 19.5. The number of ether oxygens (including phenoxy) is 2. The molecule has 32 heavy (non-hydrogen) atoms. The lowest BCUT2D eigenvalue weighted by atomic mass is 10.1. The molecule has 0 aliphatic carbocycles. The summed E-state index contributed by atoms with van der Waals surface area (Å²) in [5.74, 6) is 1.51. The smallest absolute Gasteiger partial charge is 0.220 e. The highest BCUT2D eigenvalue weighted by molar-refractivity contribution is 5.75. The second-order valence-corrected chi connectivity index (χ2v) is 8.14. The summed E-state index contributed by atoms with van der Waals surface area (Å²) in [4.78, 5) is 17.2. The van der Waals surface area contributed by atoms with Crippen molar-refractivity contribution in [2.75, 3.05) is 45.9 Å². The number of benzene rings is 2. The summed E-state index contributed by atoms with van der Waals surface area (Å²) in [5.41, 5.74) is 2.45. The Balaban J connectivity index is 1.32. The number of carbonyl (C=O) groups excluding carboxylic acids is 1. The van der Waals surface area contributed by atoms with Gasteiger partial charge in [-0.3, -0.25) is 9.69 Å². The van der Waals surface area contributed by atoms with Crippen molar-refractivity contribution >= 4 is 5.91 Å². The first kappa shape index (κ1) is 24.1. The number of piperazine rings is 1. The molecule has 0 aromatic heterocycles. The molecule has 2 aromatic carbocycles. The van der Waals surface area contributed by atoms with Crippen molar-refractivity contribution in [3.05, 3.63) is 59.7 Å². The van der Waals surface area contributed by atoms with Crippen LogP contribution in [0.3, 0.4) is 0 Å². The minimum absolute atomic E-state index is 0.0459. The van der Waals surface area contributed by atoms with E-state index in [9.17, 15) is 4.79 Å². The molecule has 1 N–H and O–H groups in total. The number of hydrogen-bond acceptors (Lipinski definition) is 5. The van der Waals surface area contributed by atoms with Crippen LogP contribution in [0.1, 0.15) is 37.8 Å². The van der Waals surface area contributed by atoms with Crippen LogP contribution in [0.5, 0.6) is 11.5 Å².